The molecule has 4 aromatic rings. The van der Waals surface area contributed by atoms with E-state index in [1.807, 2.05) is 48.5 Å². The van der Waals surface area contributed by atoms with Crippen molar-refractivity contribution in [2.45, 2.75) is 45.1 Å². The summed E-state index contributed by atoms with van der Waals surface area (Å²) in [5.74, 6) is 0.666. The van der Waals surface area contributed by atoms with E-state index in [2.05, 4.69) is 36.2 Å². The number of hydrogen-bond acceptors (Lipinski definition) is 5. The summed E-state index contributed by atoms with van der Waals surface area (Å²) in [4.78, 5) is 15.7. The first-order valence-corrected chi connectivity index (χ1v) is 14.1. The van der Waals surface area contributed by atoms with Gasteiger partial charge in [-0.15, -0.1) is 0 Å². The van der Waals surface area contributed by atoms with Crippen LogP contribution in [0.1, 0.15) is 66.6 Å². The van der Waals surface area contributed by atoms with E-state index >= 15 is 0 Å². The Labute approximate surface area is 234 Å². The van der Waals surface area contributed by atoms with Crippen molar-refractivity contribution in [3.63, 3.8) is 0 Å². The molecular formula is C34H33FN2O3. The van der Waals surface area contributed by atoms with Gasteiger partial charge in [0.25, 0.3) is 0 Å². The first-order valence-electron chi connectivity index (χ1n) is 14.1. The van der Waals surface area contributed by atoms with Gasteiger partial charge in [-0.1, -0.05) is 44.9 Å². The van der Waals surface area contributed by atoms with Crippen molar-refractivity contribution in [3.05, 3.63) is 113 Å². The molecule has 1 spiro atoms. The molecule has 0 aromatic heterocycles. The number of carbonyl (C=O) groups is 1. The first kappa shape index (κ1) is 25.9. The van der Waals surface area contributed by atoms with Crippen LogP contribution in [0.3, 0.4) is 0 Å². The van der Waals surface area contributed by atoms with Crippen molar-refractivity contribution in [2.75, 3.05) is 23.3 Å². The Morgan fingerprint density at radius 1 is 0.775 bits per heavy atom. The average Bonchev–Trinajstić information content (AvgIpc) is 3.27. The molecule has 2 heterocycles. The number of fused-ring (bicyclic) bond motifs is 6. The highest BCUT2D eigenvalue weighted by atomic mass is 19.1. The fraction of sp³-hybridized carbons (Fsp3) is 0.265. The molecular weight excluding hydrogens is 503 g/mol. The van der Waals surface area contributed by atoms with E-state index in [4.69, 9.17) is 9.47 Å². The standard InChI is InChI=1S/C34H33FN2O3/c1-3-5-19-37(20-6-4-2)26-16-17-29-32(22-26)39-31-18-15-25(36-24-13-11-23(35)12-14-24)21-30(31)34(29)28-10-8-7-9-27(28)33(38)40-34/h7-18,21-22,36H,3-6,19-20H2,1-2H3. The predicted molar refractivity (Wildman–Crippen MR) is 156 cm³/mol. The van der Waals surface area contributed by atoms with Gasteiger partial charge >= 0.3 is 5.97 Å². The molecule has 6 heteroatoms. The second kappa shape index (κ2) is 10.7. The molecule has 1 unspecified atom stereocenters. The molecule has 0 radical (unpaired) electrons. The van der Waals surface area contributed by atoms with E-state index < -0.39 is 5.60 Å². The van der Waals surface area contributed by atoms with Gasteiger partial charge < -0.3 is 19.7 Å². The van der Waals surface area contributed by atoms with Gasteiger partial charge in [0.05, 0.1) is 5.56 Å². The lowest BCUT2D eigenvalue weighted by Gasteiger charge is -2.37. The van der Waals surface area contributed by atoms with Crippen molar-refractivity contribution in [2.24, 2.45) is 0 Å². The molecule has 2 aliphatic rings. The van der Waals surface area contributed by atoms with Gasteiger partial charge in [0.15, 0.2) is 5.60 Å². The van der Waals surface area contributed by atoms with Crippen LogP contribution in [0, 0.1) is 5.82 Å². The van der Waals surface area contributed by atoms with E-state index in [0.29, 0.717) is 17.1 Å². The van der Waals surface area contributed by atoms with Gasteiger partial charge in [0, 0.05) is 52.9 Å². The maximum Gasteiger partial charge on any atom is 0.340 e. The Bertz CT molecular complexity index is 1540. The highest BCUT2D eigenvalue weighted by molar-refractivity contribution is 5.97. The number of benzene rings is 4. The van der Waals surface area contributed by atoms with Gasteiger partial charge in [0.2, 0.25) is 0 Å². The Morgan fingerprint density at radius 3 is 2.25 bits per heavy atom. The largest absolute Gasteiger partial charge is 0.456 e. The number of anilines is 3. The first-order chi connectivity index (χ1) is 19.5. The molecule has 1 atom stereocenters. The maximum atomic E-state index is 13.5. The lowest BCUT2D eigenvalue weighted by molar-refractivity contribution is 0.0224. The number of unbranched alkanes of at least 4 members (excludes halogenated alkanes) is 2. The highest BCUT2D eigenvalue weighted by Crippen LogP contribution is 2.57. The third-order valence-corrected chi connectivity index (χ3v) is 7.76. The van der Waals surface area contributed by atoms with E-state index in [9.17, 15) is 9.18 Å². The summed E-state index contributed by atoms with van der Waals surface area (Å²) >= 11 is 0. The topological polar surface area (TPSA) is 50.8 Å². The van der Waals surface area contributed by atoms with E-state index in [0.717, 1.165) is 72.5 Å². The Kier molecular flexibility index (Phi) is 6.93. The van der Waals surface area contributed by atoms with Crippen LogP contribution in [-0.2, 0) is 10.3 Å². The zero-order chi connectivity index (χ0) is 27.7. The van der Waals surface area contributed by atoms with Crippen LogP contribution < -0.4 is 15.0 Å². The molecule has 0 saturated carbocycles. The van der Waals surface area contributed by atoms with Gasteiger partial charge in [-0.3, -0.25) is 0 Å². The zero-order valence-corrected chi connectivity index (χ0v) is 22.9. The van der Waals surface area contributed by atoms with Gasteiger partial charge in [-0.05, 0) is 73.5 Å². The number of ether oxygens (including phenoxy) is 2. The second-order valence-corrected chi connectivity index (χ2v) is 10.4. The number of nitrogens with zero attached hydrogens (tertiary/aromatic N) is 1. The van der Waals surface area contributed by atoms with Crippen LogP contribution in [0.2, 0.25) is 0 Å². The van der Waals surface area contributed by atoms with Crippen LogP contribution in [0.5, 0.6) is 11.5 Å². The van der Waals surface area contributed by atoms with Crippen molar-refractivity contribution >= 4 is 23.0 Å². The minimum absolute atomic E-state index is 0.295. The molecule has 4 aromatic carbocycles. The number of nitrogens with one attached hydrogen (secondary N) is 1. The highest BCUT2D eigenvalue weighted by Gasteiger charge is 2.53. The summed E-state index contributed by atoms with van der Waals surface area (Å²) in [5.41, 5.74) is 4.37. The minimum atomic E-state index is -1.15. The molecule has 204 valence electrons. The van der Waals surface area contributed by atoms with Crippen molar-refractivity contribution in [1.29, 1.82) is 0 Å². The number of esters is 1. The van der Waals surface area contributed by atoms with Gasteiger partial charge in [0.1, 0.15) is 17.3 Å². The van der Waals surface area contributed by atoms with Crippen LogP contribution in [0.15, 0.2) is 84.9 Å². The fourth-order valence-electron chi connectivity index (χ4n) is 5.70. The molecule has 40 heavy (non-hydrogen) atoms. The smallest absolute Gasteiger partial charge is 0.340 e. The molecule has 2 aliphatic heterocycles. The van der Waals surface area contributed by atoms with Crippen molar-refractivity contribution in [3.8, 4) is 11.5 Å². The number of hydrogen-bond donors (Lipinski definition) is 1. The van der Waals surface area contributed by atoms with Crippen LogP contribution in [0.25, 0.3) is 0 Å². The van der Waals surface area contributed by atoms with Crippen LogP contribution >= 0.6 is 0 Å². The average molecular weight is 537 g/mol. The summed E-state index contributed by atoms with van der Waals surface area (Å²) < 4.78 is 26.4. The molecule has 6 rings (SSSR count). The molecule has 0 aliphatic carbocycles. The van der Waals surface area contributed by atoms with Gasteiger partial charge in [-0.2, -0.15) is 0 Å². The Morgan fingerprint density at radius 2 is 1.50 bits per heavy atom. The molecule has 0 bridgehead atoms. The molecule has 0 fully saturated rings. The summed E-state index contributed by atoms with van der Waals surface area (Å²) in [6.45, 7) is 6.37. The summed E-state index contributed by atoms with van der Waals surface area (Å²) in [6.07, 6.45) is 4.48. The summed E-state index contributed by atoms with van der Waals surface area (Å²) in [5, 5.41) is 3.34. The van der Waals surface area contributed by atoms with Crippen molar-refractivity contribution in [1.82, 2.24) is 0 Å². The SMILES string of the molecule is CCCCN(CCCC)c1ccc2c(c1)Oc1ccc(Nc3ccc(F)cc3)cc1C21OC(=O)c2ccccc21. The van der Waals surface area contributed by atoms with Crippen LogP contribution in [0.4, 0.5) is 21.5 Å². The maximum absolute atomic E-state index is 13.5. The van der Waals surface area contributed by atoms with Gasteiger partial charge in [-0.25, -0.2) is 9.18 Å². The number of rotatable bonds is 9. The summed E-state index contributed by atoms with van der Waals surface area (Å²) in [6, 6.07) is 25.8. The lowest BCUT2D eigenvalue weighted by Crippen LogP contribution is -2.33. The number of carbonyl (C=O) groups excluding carboxylic acids is 1. The molecule has 0 saturated heterocycles. The van der Waals surface area contributed by atoms with Crippen LogP contribution in [-0.4, -0.2) is 19.1 Å². The monoisotopic (exact) mass is 536 g/mol. The third-order valence-electron chi connectivity index (χ3n) is 7.76. The van der Waals surface area contributed by atoms with E-state index in [-0.39, 0.29) is 11.8 Å². The second-order valence-electron chi connectivity index (χ2n) is 10.4. The zero-order valence-electron chi connectivity index (χ0n) is 22.9. The fourth-order valence-corrected chi connectivity index (χ4v) is 5.70. The van der Waals surface area contributed by atoms with E-state index in [1.165, 1.54) is 12.1 Å². The molecule has 0 amide bonds. The molecule has 5 nitrogen and oxygen atoms in total. The van der Waals surface area contributed by atoms with E-state index in [1.54, 1.807) is 12.1 Å². The number of halogens is 1. The molecule has 1 N–H and O–H groups in total. The Hall–Kier alpha value is -4.32. The summed E-state index contributed by atoms with van der Waals surface area (Å²) in [7, 11) is 0. The minimum Gasteiger partial charge on any atom is -0.456 e. The quantitative estimate of drug-likeness (QED) is 0.217. The van der Waals surface area contributed by atoms with Crippen molar-refractivity contribution < 1.29 is 18.7 Å². The lowest BCUT2D eigenvalue weighted by atomic mass is 9.77. The Balaban J connectivity index is 1.47. The third kappa shape index (κ3) is 4.47. The normalized spacial score (nSPS) is 16.5. The predicted octanol–water partition coefficient (Wildman–Crippen LogP) is 8.54.